The van der Waals surface area contributed by atoms with Crippen LogP contribution in [0.2, 0.25) is 0 Å². The van der Waals surface area contributed by atoms with Crippen molar-refractivity contribution in [2.75, 3.05) is 6.54 Å². The SMILES string of the molecule is CCC(=Cc1cccc2cccnc12)CNC1CC1. The Morgan fingerprint density at radius 3 is 2.95 bits per heavy atom. The molecule has 2 aromatic rings. The fraction of sp³-hybridized carbons (Fsp3) is 0.353. The van der Waals surface area contributed by atoms with Crippen LogP contribution in [-0.4, -0.2) is 17.6 Å². The van der Waals surface area contributed by atoms with Crippen molar-refractivity contribution in [2.45, 2.75) is 32.2 Å². The summed E-state index contributed by atoms with van der Waals surface area (Å²) in [6.45, 7) is 3.23. The van der Waals surface area contributed by atoms with Gasteiger partial charge in [-0.15, -0.1) is 0 Å². The normalized spacial score (nSPS) is 15.9. The largest absolute Gasteiger partial charge is 0.310 e. The Labute approximate surface area is 114 Å². The van der Waals surface area contributed by atoms with Crippen LogP contribution in [0.25, 0.3) is 17.0 Å². The Morgan fingerprint density at radius 1 is 1.32 bits per heavy atom. The fourth-order valence-electron chi connectivity index (χ4n) is 2.31. The molecule has 19 heavy (non-hydrogen) atoms. The summed E-state index contributed by atoms with van der Waals surface area (Å²) < 4.78 is 0. The number of fused-ring (bicyclic) bond motifs is 1. The van der Waals surface area contributed by atoms with Gasteiger partial charge in [-0.1, -0.05) is 42.8 Å². The van der Waals surface area contributed by atoms with E-state index in [1.165, 1.54) is 29.4 Å². The minimum Gasteiger partial charge on any atom is -0.310 e. The molecule has 0 bridgehead atoms. The van der Waals surface area contributed by atoms with Gasteiger partial charge in [0.1, 0.15) is 0 Å². The Hall–Kier alpha value is -1.67. The number of hydrogen-bond acceptors (Lipinski definition) is 2. The zero-order chi connectivity index (χ0) is 13.1. The van der Waals surface area contributed by atoms with Crippen molar-refractivity contribution in [3.8, 4) is 0 Å². The molecule has 0 atom stereocenters. The molecule has 1 aromatic carbocycles. The maximum Gasteiger partial charge on any atom is 0.0774 e. The highest BCUT2D eigenvalue weighted by molar-refractivity contribution is 5.87. The number of nitrogens with one attached hydrogen (secondary N) is 1. The molecule has 3 rings (SSSR count). The first-order valence-corrected chi connectivity index (χ1v) is 7.13. The zero-order valence-electron chi connectivity index (χ0n) is 11.4. The number of pyridine rings is 1. The van der Waals surface area contributed by atoms with Gasteiger partial charge < -0.3 is 5.32 Å². The van der Waals surface area contributed by atoms with E-state index in [1.807, 2.05) is 12.3 Å². The first-order valence-electron chi connectivity index (χ1n) is 7.13. The van der Waals surface area contributed by atoms with Crippen LogP contribution >= 0.6 is 0 Å². The van der Waals surface area contributed by atoms with Gasteiger partial charge in [0, 0.05) is 29.7 Å². The van der Waals surface area contributed by atoms with Gasteiger partial charge in [-0.2, -0.15) is 0 Å². The molecule has 0 radical (unpaired) electrons. The van der Waals surface area contributed by atoms with E-state index in [0.717, 1.165) is 24.5 Å². The standard InChI is InChI=1S/C17H20N2/c1-2-13(12-19-16-8-9-16)11-15-6-3-5-14-7-4-10-18-17(14)15/h3-7,10-11,16,19H,2,8-9,12H2,1H3. The van der Waals surface area contributed by atoms with Crippen LogP contribution in [0.4, 0.5) is 0 Å². The predicted octanol–water partition coefficient (Wildman–Crippen LogP) is 3.78. The van der Waals surface area contributed by atoms with Gasteiger partial charge in [0.25, 0.3) is 0 Å². The lowest BCUT2D eigenvalue weighted by Crippen LogP contribution is -2.18. The van der Waals surface area contributed by atoms with Crippen LogP contribution in [0.5, 0.6) is 0 Å². The van der Waals surface area contributed by atoms with E-state index >= 15 is 0 Å². The number of nitrogens with zero attached hydrogens (tertiary/aromatic N) is 1. The summed E-state index contributed by atoms with van der Waals surface area (Å²) in [7, 11) is 0. The third-order valence-corrected chi connectivity index (χ3v) is 3.67. The first kappa shape index (κ1) is 12.4. The molecule has 1 fully saturated rings. The fourth-order valence-corrected chi connectivity index (χ4v) is 2.31. The molecule has 1 N–H and O–H groups in total. The average molecular weight is 252 g/mol. The molecular formula is C17H20N2. The smallest absolute Gasteiger partial charge is 0.0774 e. The minimum absolute atomic E-state index is 0.764. The van der Waals surface area contributed by atoms with Crippen molar-refractivity contribution >= 4 is 17.0 Å². The van der Waals surface area contributed by atoms with Gasteiger partial charge in [-0.05, 0) is 25.3 Å². The van der Waals surface area contributed by atoms with Crippen LogP contribution < -0.4 is 5.32 Å². The number of para-hydroxylation sites is 1. The van der Waals surface area contributed by atoms with E-state index in [4.69, 9.17) is 0 Å². The van der Waals surface area contributed by atoms with Crippen molar-refractivity contribution < 1.29 is 0 Å². The molecule has 0 aliphatic heterocycles. The summed E-state index contributed by atoms with van der Waals surface area (Å²) in [5.41, 5.74) is 3.78. The van der Waals surface area contributed by atoms with Crippen LogP contribution in [0, 0.1) is 0 Å². The molecule has 0 spiro atoms. The number of rotatable bonds is 5. The highest BCUT2D eigenvalue weighted by atomic mass is 14.9. The van der Waals surface area contributed by atoms with Crippen molar-refractivity contribution in [2.24, 2.45) is 0 Å². The topological polar surface area (TPSA) is 24.9 Å². The molecular weight excluding hydrogens is 232 g/mol. The zero-order valence-corrected chi connectivity index (χ0v) is 11.4. The molecule has 1 aromatic heterocycles. The molecule has 0 amide bonds. The van der Waals surface area contributed by atoms with Crippen molar-refractivity contribution in [3.05, 3.63) is 47.7 Å². The summed E-state index contributed by atoms with van der Waals surface area (Å²) in [4.78, 5) is 4.51. The molecule has 2 heteroatoms. The molecule has 1 saturated carbocycles. The second kappa shape index (κ2) is 5.54. The minimum atomic E-state index is 0.764. The molecule has 1 aliphatic carbocycles. The third kappa shape index (κ3) is 3.02. The van der Waals surface area contributed by atoms with E-state index in [0.29, 0.717) is 0 Å². The van der Waals surface area contributed by atoms with Gasteiger partial charge in [0.15, 0.2) is 0 Å². The lowest BCUT2D eigenvalue weighted by atomic mass is 10.1. The summed E-state index contributed by atoms with van der Waals surface area (Å²) in [6, 6.07) is 11.3. The number of benzene rings is 1. The Morgan fingerprint density at radius 2 is 2.16 bits per heavy atom. The second-order valence-electron chi connectivity index (χ2n) is 5.23. The lowest BCUT2D eigenvalue weighted by Gasteiger charge is -2.07. The van der Waals surface area contributed by atoms with Gasteiger partial charge in [-0.3, -0.25) is 4.98 Å². The van der Waals surface area contributed by atoms with Gasteiger partial charge in [-0.25, -0.2) is 0 Å². The van der Waals surface area contributed by atoms with E-state index in [9.17, 15) is 0 Å². The number of hydrogen-bond donors (Lipinski definition) is 1. The molecule has 0 saturated heterocycles. The maximum absolute atomic E-state index is 4.51. The molecule has 0 unspecified atom stereocenters. The summed E-state index contributed by atoms with van der Waals surface area (Å²) in [6.07, 6.45) is 7.93. The van der Waals surface area contributed by atoms with E-state index in [1.54, 1.807) is 0 Å². The molecule has 1 aliphatic rings. The Kier molecular flexibility index (Phi) is 3.60. The van der Waals surface area contributed by atoms with Gasteiger partial charge in [0.05, 0.1) is 5.52 Å². The van der Waals surface area contributed by atoms with Crippen molar-refractivity contribution in [3.63, 3.8) is 0 Å². The third-order valence-electron chi connectivity index (χ3n) is 3.67. The van der Waals surface area contributed by atoms with Gasteiger partial charge >= 0.3 is 0 Å². The van der Waals surface area contributed by atoms with Crippen LogP contribution in [0.1, 0.15) is 31.7 Å². The van der Waals surface area contributed by atoms with Crippen LogP contribution in [-0.2, 0) is 0 Å². The van der Waals surface area contributed by atoms with Crippen molar-refractivity contribution in [1.82, 2.24) is 10.3 Å². The predicted molar refractivity (Wildman–Crippen MR) is 81.0 cm³/mol. The van der Waals surface area contributed by atoms with E-state index in [2.05, 4.69) is 47.6 Å². The van der Waals surface area contributed by atoms with E-state index < -0.39 is 0 Å². The summed E-state index contributed by atoms with van der Waals surface area (Å²) in [5.74, 6) is 0. The maximum atomic E-state index is 4.51. The average Bonchev–Trinajstić information content (AvgIpc) is 3.28. The Bertz CT molecular complexity index is 592. The van der Waals surface area contributed by atoms with Crippen LogP contribution in [0.15, 0.2) is 42.1 Å². The number of aromatic nitrogens is 1. The molecule has 1 heterocycles. The van der Waals surface area contributed by atoms with Crippen molar-refractivity contribution in [1.29, 1.82) is 0 Å². The highest BCUT2D eigenvalue weighted by Crippen LogP contribution is 2.21. The monoisotopic (exact) mass is 252 g/mol. The molecule has 98 valence electrons. The quantitative estimate of drug-likeness (QED) is 0.876. The van der Waals surface area contributed by atoms with Gasteiger partial charge in [0.2, 0.25) is 0 Å². The van der Waals surface area contributed by atoms with Crippen LogP contribution in [0.3, 0.4) is 0 Å². The first-order chi connectivity index (χ1) is 9.36. The Balaban J connectivity index is 1.88. The highest BCUT2D eigenvalue weighted by Gasteiger charge is 2.20. The summed E-state index contributed by atoms with van der Waals surface area (Å²) >= 11 is 0. The van der Waals surface area contributed by atoms with E-state index in [-0.39, 0.29) is 0 Å². The molecule has 2 nitrogen and oxygen atoms in total. The lowest BCUT2D eigenvalue weighted by molar-refractivity contribution is 0.723. The summed E-state index contributed by atoms with van der Waals surface area (Å²) in [5, 5.41) is 4.80. The second-order valence-corrected chi connectivity index (χ2v) is 5.23.